The fraction of sp³-hybridized carbons (Fsp3) is 0.952. The van der Waals surface area contributed by atoms with Gasteiger partial charge in [0.25, 0.3) is 0 Å². The quantitative estimate of drug-likeness (QED) is 0.192. The van der Waals surface area contributed by atoms with Gasteiger partial charge < -0.3 is 14.9 Å². The number of aliphatic hydroxyl groups is 2. The molecule has 0 aliphatic carbocycles. The van der Waals surface area contributed by atoms with Gasteiger partial charge in [0.1, 0.15) is 12.7 Å². The van der Waals surface area contributed by atoms with E-state index in [4.69, 9.17) is 14.9 Å². The number of hydrogen-bond acceptors (Lipinski definition) is 4. The maximum atomic E-state index is 11.4. The van der Waals surface area contributed by atoms with Crippen LogP contribution >= 0.6 is 0 Å². The Hall–Kier alpha value is 0.390. The minimum atomic E-state index is -0.954. The molecular weight excluding hydrogens is 339 g/mol. The monoisotopic (exact) mass is 381 g/mol. The zero-order valence-electron chi connectivity index (χ0n) is 17.5. The number of carbonyl (C=O) groups is 1. The van der Waals surface area contributed by atoms with Crippen molar-refractivity contribution >= 4 is 35.5 Å². The molecule has 2 N–H and O–H groups in total. The zero-order chi connectivity index (χ0) is 18.6. The van der Waals surface area contributed by atoms with Crippen LogP contribution in [0.5, 0.6) is 0 Å². The van der Waals surface area contributed by atoms with Gasteiger partial charge in [0.15, 0.2) is 0 Å². The van der Waals surface area contributed by atoms with Crippen LogP contribution in [-0.4, -0.2) is 65.1 Å². The Labute approximate surface area is 183 Å². The van der Waals surface area contributed by atoms with Gasteiger partial charge in [-0.05, 0) is 6.42 Å². The minimum absolute atomic E-state index is 0. The first-order chi connectivity index (χ1) is 12.2. The Morgan fingerprint density at radius 3 is 1.54 bits per heavy atom. The number of aliphatic hydroxyl groups excluding tert-OH is 2. The fourth-order valence-corrected chi connectivity index (χ4v) is 2.95. The molecular formula is C21H42NaO4. The first kappa shape index (κ1) is 28.6. The molecule has 26 heavy (non-hydrogen) atoms. The molecule has 0 bridgehead atoms. The van der Waals surface area contributed by atoms with Crippen LogP contribution in [-0.2, 0) is 9.53 Å². The summed E-state index contributed by atoms with van der Waals surface area (Å²) < 4.78 is 4.86. The molecule has 5 heteroatoms. The second-order valence-electron chi connectivity index (χ2n) is 7.22. The molecule has 0 unspecified atom stereocenters. The van der Waals surface area contributed by atoms with Gasteiger partial charge >= 0.3 is 5.97 Å². The van der Waals surface area contributed by atoms with Gasteiger partial charge in [0.2, 0.25) is 0 Å². The second kappa shape index (κ2) is 23.4. The van der Waals surface area contributed by atoms with E-state index in [0.717, 1.165) is 12.8 Å². The molecule has 0 spiro atoms. The van der Waals surface area contributed by atoms with Crippen LogP contribution in [0.25, 0.3) is 0 Å². The first-order valence-corrected chi connectivity index (χ1v) is 10.6. The van der Waals surface area contributed by atoms with Crippen molar-refractivity contribution in [3.8, 4) is 0 Å². The summed E-state index contributed by atoms with van der Waals surface area (Å²) in [5, 5.41) is 17.7. The molecule has 0 aliphatic rings. The van der Waals surface area contributed by atoms with Crippen LogP contribution in [0.15, 0.2) is 0 Å². The van der Waals surface area contributed by atoms with Gasteiger partial charge in [0, 0.05) is 36.0 Å². The molecule has 0 aromatic carbocycles. The maximum absolute atomic E-state index is 11.4. The Kier molecular flexibility index (Phi) is 25.8. The molecule has 0 aromatic rings. The number of esters is 1. The van der Waals surface area contributed by atoms with Crippen molar-refractivity contribution in [3.05, 3.63) is 0 Å². The Morgan fingerprint density at radius 1 is 0.769 bits per heavy atom. The molecule has 0 heterocycles. The summed E-state index contributed by atoms with van der Waals surface area (Å²) in [5.41, 5.74) is 0. The summed E-state index contributed by atoms with van der Waals surface area (Å²) >= 11 is 0. The van der Waals surface area contributed by atoms with E-state index in [1.165, 1.54) is 83.5 Å². The van der Waals surface area contributed by atoms with Gasteiger partial charge in [-0.25, -0.2) is 0 Å². The molecule has 0 saturated heterocycles. The molecule has 0 saturated carbocycles. The summed E-state index contributed by atoms with van der Waals surface area (Å²) in [7, 11) is 0. The minimum Gasteiger partial charge on any atom is -0.463 e. The topological polar surface area (TPSA) is 66.8 Å². The Balaban J connectivity index is 0. The van der Waals surface area contributed by atoms with Crippen molar-refractivity contribution in [1.29, 1.82) is 0 Å². The van der Waals surface area contributed by atoms with E-state index in [1.54, 1.807) is 0 Å². The summed E-state index contributed by atoms with van der Waals surface area (Å²) in [6.45, 7) is 1.79. The van der Waals surface area contributed by atoms with Crippen LogP contribution in [0.4, 0.5) is 0 Å². The SMILES string of the molecule is CCCCCCCCCCCCCCCCCC(=O)OC[C@H](O)CO.[Na]. The number of carbonyl (C=O) groups excluding carboxylic acids is 1. The second-order valence-corrected chi connectivity index (χ2v) is 7.22. The average Bonchev–Trinajstić information content (AvgIpc) is 2.62. The molecule has 4 nitrogen and oxygen atoms in total. The first-order valence-electron chi connectivity index (χ1n) is 10.6. The van der Waals surface area contributed by atoms with Gasteiger partial charge in [0.05, 0.1) is 6.61 Å². The van der Waals surface area contributed by atoms with E-state index in [9.17, 15) is 4.79 Å². The summed E-state index contributed by atoms with van der Waals surface area (Å²) in [4.78, 5) is 11.4. The van der Waals surface area contributed by atoms with Crippen molar-refractivity contribution in [2.24, 2.45) is 0 Å². The maximum Gasteiger partial charge on any atom is 0.305 e. The van der Waals surface area contributed by atoms with E-state index in [0.29, 0.717) is 6.42 Å². The van der Waals surface area contributed by atoms with Crippen molar-refractivity contribution in [1.82, 2.24) is 0 Å². The molecule has 0 aliphatic heterocycles. The van der Waals surface area contributed by atoms with E-state index in [1.807, 2.05) is 0 Å². The van der Waals surface area contributed by atoms with Crippen LogP contribution in [0.3, 0.4) is 0 Å². The molecule has 1 atom stereocenters. The van der Waals surface area contributed by atoms with Crippen molar-refractivity contribution in [2.75, 3.05) is 13.2 Å². The third kappa shape index (κ3) is 22.4. The Bertz CT molecular complexity index is 287. The van der Waals surface area contributed by atoms with Crippen LogP contribution in [0, 0.1) is 0 Å². The fourth-order valence-electron chi connectivity index (χ4n) is 2.95. The van der Waals surface area contributed by atoms with E-state index in [-0.39, 0.29) is 48.7 Å². The summed E-state index contributed by atoms with van der Waals surface area (Å²) in [6, 6.07) is 0. The third-order valence-electron chi connectivity index (χ3n) is 4.63. The van der Waals surface area contributed by atoms with E-state index < -0.39 is 6.10 Å². The number of rotatable bonds is 19. The smallest absolute Gasteiger partial charge is 0.305 e. The predicted molar refractivity (Wildman–Crippen MR) is 109 cm³/mol. The van der Waals surface area contributed by atoms with Gasteiger partial charge in [-0.15, -0.1) is 0 Å². The number of ether oxygens (including phenoxy) is 1. The molecule has 0 aromatic heterocycles. The molecule has 0 amide bonds. The zero-order valence-corrected chi connectivity index (χ0v) is 19.5. The summed E-state index contributed by atoms with van der Waals surface area (Å²) in [5.74, 6) is -0.276. The largest absolute Gasteiger partial charge is 0.463 e. The van der Waals surface area contributed by atoms with Crippen molar-refractivity contribution in [3.63, 3.8) is 0 Å². The number of unbranched alkanes of at least 4 members (excludes halogenated alkanes) is 14. The van der Waals surface area contributed by atoms with E-state index in [2.05, 4.69) is 6.92 Å². The van der Waals surface area contributed by atoms with Crippen LogP contribution in [0.1, 0.15) is 110 Å². The summed E-state index contributed by atoms with van der Waals surface area (Å²) in [6.07, 6.45) is 19.0. The standard InChI is InChI=1S/C21H42O4.Na/c1-2-3-4-5-6-7-8-9-10-11-12-13-14-15-16-17-21(24)25-19-20(23)18-22;/h20,22-23H,2-19H2,1H3;/t20-;/m1./s1. The van der Waals surface area contributed by atoms with Gasteiger partial charge in [-0.2, -0.15) is 0 Å². The normalized spacial score (nSPS) is 11.8. The Morgan fingerprint density at radius 2 is 1.15 bits per heavy atom. The van der Waals surface area contributed by atoms with Crippen molar-refractivity contribution in [2.45, 2.75) is 116 Å². The predicted octanol–water partition coefficient (Wildman–Crippen LogP) is 4.76. The third-order valence-corrected chi connectivity index (χ3v) is 4.63. The number of hydrogen-bond donors (Lipinski definition) is 2. The van der Waals surface area contributed by atoms with Crippen LogP contribution < -0.4 is 0 Å². The average molecular weight is 382 g/mol. The van der Waals surface area contributed by atoms with E-state index >= 15 is 0 Å². The molecule has 151 valence electrons. The van der Waals surface area contributed by atoms with Crippen molar-refractivity contribution < 1.29 is 19.7 Å². The van der Waals surface area contributed by atoms with Gasteiger partial charge in [-0.3, -0.25) is 4.79 Å². The van der Waals surface area contributed by atoms with Crippen LogP contribution in [0.2, 0.25) is 0 Å². The molecule has 0 fully saturated rings. The van der Waals surface area contributed by atoms with Gasteiger partial charge in [-0.1, -0.05) is 96.8 Å². The molecule has 0 rings (SSSR count). The molecule has 1 radical (unpaired) electrons.